The summed E-state index contributed by atoms with van der Waals surface area (Å²) >= 11 is 0. The van der Waals surface area contributed by atoms with Crippen LogP contribution >= 0.6 is 0 Å². The van der Waals surface area contributed by atoms with E-state index in [1.807, 2.05) is 48.8 Å². The monoisotopic (exact) mass is 322 g/mol. The highest BCUT2D eigenvalue weighted by Gasteiger charge is 2.01. The van der Waals surface area contributed by atoms with Crippen LogP contribution in [-0.4, -0.2) is 22.0 Å². The fourth-order valence-electron chi connectivity index (χ4n) is 2.70. The summed E-state index contributed by atoms with van der Waals surface area (Å²) < 4.78 is 2.19. The first-order valence-corrected chi connectivity index (χ1v) is 8.19. The summed E-state index contributed by atoms with van der Waals surface area (Å²) in [7, 11) is 0. The molecule has 24 heavy (non-hydrogen) atoms. The Morgan fingerprint density at radius 3 is 2.71 bits per heavy atom. The number of nitrogens with zero attached hydrogens (tertiary/aromatic N) is 2. The van der Waals surface area contributed by atoms with Gasteiger partial charge in [0.05, 0.1) is 17.4 Å². The van der Waals surface area contributed by atoms with Gasteiger partial charge in [-0.2, -0.15) is 0 Å². The van der Waals surface area contributed by atoms with Gasteiger partial charge < -0.3 is 15.2 Å². The number of aryl methyl sites for hydroxylation is 1. The van der Waals surface area contributed by atoms with E-state index >= 15 is 0 Å². The smallest absolute Gasteiger partial charge is 0.221 e. The molecule has 3 aromatic rings. The van der Waals surface area contributed by atoms with Crippen LogP contribution in [-0.2, 0) is 17.9 Å². The largest absolute Gasteiger partial charge is 0.331 e. The summed E-state index contributed by atoms with van der Waals surface area (Å²) in [5, 5.41) is 6.22. The lowest BCUT2D eigenvalue weighted by Crippen LogP contribution is -2.16. The predicted molar refractivity (Wildman–Crippen MR) is 96.8 cm³/mol. The number of fused-ring (bicyclic) bond motifs is 1. The van der Waals surface area contributed by atoms with Crippen LogP contribution < -0.4 is 10.6 Å². The Hall–Kier alpha value is -2.66. The molecule has 0 unspecified atom stereocenters. The summed E-state index contributed by atoms with van der Waals surface area (Å²) in [5.41, 5.74) is 4.27. The number of para-hydroxylation sites is 2. The first kappa shape index (κ1) is 16.2. The molecule has 1 heterocycles. The van der Waals surface area contributed by atoms with Crippen molar-refractivity contribution in [3.8, 4) is 0 Å². The average Bonchev–Trinajstić information content (AvgIpc) is 2.99. The van der Waals surface area contributed by atoms with Crippen LogP contribution in [0.15, 0.2) is 54.9 Å². The van der Waals surface area contributed by atoms with Gasteiger partial charge in [0.15, 0.2) is 0 Å². The van der Waals surface area contributed by atoms with Gasteiger partial charge in [-0.05, 0) is 42.8 Å². The number of hydrogen-bond acceptors (Lipinski definition) is 3. The molecule has 0 saturated heterocycles. The second-order valence-electron chi connectivity index (χ2n) is 5.84. The summed E-state index contributed by atoms with van der Waals surface area (Å²) in [6.45, 7) is 4.24. The summed E-state index contributed by atoms with van der Waals surface area (Å²) in [5.74, 6) is -0.0482. The lowest BCUT2D eigenvalue weighted by molar-refractivity contribution is -0.114. The zero-order valence-corrected chi connectivity index (χ0v) is 13.8. The number of nitrogens with one attached hydrogen (secondary N) is 2. The normalized spacial score (nSPS) is 10.9. The molecule has 1 amide bonds. The molecule has 0 saturated carbocycles. The molecule has 5 nitrogen and oxygen atoms in total. The van der Waals surface area contributed by atoms with E-state index in [0.717, 1.165) is 37.3 Å². The number of aromatic nitrogens is 2. The summed E-state index contributed by atoms with van der Waals surface area (Å²) in [6.07, 6.45) is 2.95. The number of carbonyl (C=O) groups excluding carboxylic acids is 1. The predicted octanol–water partition coefficient (Wildman–Crippen LogP) is 3.17. The van der Waals surface area contributed by atoms with Crippen LogP contribution in [0.3, 0.4) is 0 Å². The number of rotatable bonds is 7. The molecule has 0 aliphatic carbocycles. The Bertz CT molecular complexity index is 808. The Labute approximate surface area is 141 Å². The number of carbonyl (C=O) groups is 1. The van der Waals surface area contributed by atoms with Crippen molar-refractivity contribution in [2.75, 3.05) is 11.9 Å². The third-order valence-electron chi connectivity index (χ3n) is 3.88. The molecule has 2 N–H and O–H groups in total. The zero-order chi connectivity index (χ0) is 16.8. The van der Waals surface area contributed by atoms with Crippen LogP contribution in [0.25, 0.3) is 11.0 Å². The van der Waals surface area contributed by atoms with E-state index < -0.39 is 0 Å². The van der Waals surface area contributed by atoms with E-state index in [1.54, 1.807) is 0 Å². The fourth-order valence-corrected chi connectivity index (χ4v) is 2.70. The molecule has 2 aromatic carbocycles. The minimum Gasteiger partial charge on any atom is -0.331 e. The average molecular weight is 322 g/mol. The Balaban J connectivity index is 1.41. The van der Waals surface area contributed by atoms with E-state index in [2.05, 4.69) is 26.3 Å². The standard InChI is InChI=1S/C19H22N4O/c1-15(24)22-17-9-7-16(8-10-17)13-20-11-4-12-23-14-21-18-5-2-3-6-19(18)23/h2-3,5-10,14,20H,4,11-13H2,1H3,(H,22,24). The Morgan fingerprint density at radius 2 is 1.92 bits per heavy atom. The molecule has 1 aromatic heterocycles. The highest BCUT2D eigenvalue weighted by Crippen LogP contribution is 2.12. The second kappa shape index (κ2) is 7.75. The molecule has 0 spiro atoms. The molecule has 0 atom stereocenters. The fraction of sp³-hybridized carbons (Fsp3) is 0.263. The van der Waals surface area contributed by atoms with Crippen LogP contribution in [0, 0.1) is 0 Å². The lowest BCUT2D eigenvalue weighted by Gasteiger charge is -2.08. The first-order valence-electron chi connectivity index (χ1n) is 8.19. The van der Waals surface area contributed by atoms with E-state index in [1.165, 1.54) is 18.0 Å². The molecule has 5 heteroatoms. The van der Waals surface area contributed by atoms with Gasteiger partial charge in [0, 0.05) is 25.7 Å². The van der Waals surface area contributed by atoms with Crippen LogP contribution in [0.5, 0.6) is 0 Å². The molecule has 0 fully saturated rings. The van der Waals surface area contributed by atoms with Crippen molar-refractivity contribution in [3.05, 3.63) is 60.4 Å². The van der Waals surface area contributed by atoms with Gasteiger partial charge in [-0.15, -0.1) is 0 Å². The van der Waals surface area contributed by atoms with Gasteiger partial charge in [-0.25, -0.2) is 4.98 Å². The van der Waals surface area contributed by atoms with Crippen molar-refractivity contribution in [2.24, 2.45) is 0 Å². The molecular formula is C19H22N4O. The molecule has 0 radical (unpaired) electrons. The summed E-state index contributed by atoms with van der Waals surface area (Å²) in [4.78, 5) is 15.4. The summed E-state index contributed by atoms with van der Waals surface area (Å²) in [6, 6.07) is 16.1. The minimum atomic E-state index is -0.0482. The van der Waals surface area contributed by atoms with Crippen molar-refractivity contribution in [2.45, 2.75) is 26.4 Å². The quantitative estimate of drug-likeness (QED) is 0.657. The SMILES string of the molecule is CC(=O)Nc1ccc(CNCCCn2cnc3ccccc32)cc1. The zero-order valence-electron chi connectivity index (χ0n) is 13.8. The molecular weight excluding hydrogens is 300 g/mol. The number of hydrogen-bond donors (Lipinski definition) is 2. The maximum absolute atomic E-state index is 11.0. The van der Waals surface area contributed by atoms with Crippen LogP contribution in [0.1, 0.15) is 18.9 Å². The van der Waals surface area contributed by atoms with Gasteiger partial charge in [-0.3, -0.25) is 4.79 Å². The Kier molecular flexibility index (Phi) is 5.23. The van der Waals surface area contributed by atoms with E-state index in [-0.39, 0.29) is 5.91 Å². The topological polar surface area (TPSA) is 59.0 Å². The van der Waals surface area contributed by atoms with Gasteiger partial charge >= 0.3 is 0 Å². The number of imidazole rings is 1. The van der Waals surface area contributed by atoms with Crippen molar-refractivity contribution in [3.63, 3.8) is 0 Å². The van der Waals surface area contributed by atoms with E-state index in [9.17, 15) is 4.79 Å². The van der Waals surface area contributed by atoms with Crippen LogP contribution in [0.4, 0.5) is 5.69 Å². The van der Waals surface area contributed by atoms with Gasteiger partial charge in [0.1, 0.15) is 0 Å². The van der Waals surface area contributed by atoms with Gasteiger partial charge in [-0.1, -0.05) is 24.3 Å². The number of benzene rings is 2. The van der Waals surface area contributed by atoms with E-state index in [0.29, 0.717) is 0 Å². The third kappa shape index (κ3) is 4.20. The highest BCUT2D eigenvalue weighted by molar-refractivity contribution is 5.88. The van der Waals surface area contributed by atoms with Gasteiger partial charge in [0.2, 0.25) is 5.91 Å². The molecule has 124 valence electrons. The first-order chi connectivity index (χ1) is 11.7. The van der Waals surface area contributed by atoms with Crippen molar-refractivity contribution < 1.29 is 4.79 Å². The molecule has 0 aliphatic rings. The van der Waals surface area contributed by atoms with Crippen molar-refractivity contribution in [1.29, 1.82) is 0 Å². The third-order valence-corrected chi connectivity index (χ3v) is 3.88. The maximum atomic E-state index is 11.0. The number of anilines is 1. The van der Waals surface area contributed by atoms with Crippen LogP contribution in [0.2, 0.25) is 0 Å². The lowest BCUT2D eigenvalue weighted by atomic mass is 10.2. The Morgan fingerprint density at radius 1 is 1.12 bits per heavy atom. The van der Waals surface area contributed by atoms with Crippen molar-refractivity contribution >= 4 is 22.6 Å². The second-order valence-corrected chi connectivity index (χ2v) is 5.84. The highest BCUT2D eigenvalue weighted by atomic mass is 16.1. The van der Waals surface area contributed by atoms with Crippen molar-refractivity contribution in [1.82, 2.24) is 14.9 Å². The molecule has 0 bridgehead atoms. The molecule has 0 aliphatic heterocycles. The van der Waals surface area contributed by atoms with Gasteiger partial charge in [0.25, 0.3) is 0 Å². The van der Waals surface area contributed by atoms with E-state index in [4.69, 9.17) is 0 Å². The number of amides is 1. The minimum absolute atomic E-state index is 0.0482. The molecule has 3 rings (SSSR count). The maximum Gasteiger partial charge on any atom is 0.221 e.